The molecule has 0 amide bonds. The van der Waals surface area contributed by atoms with Crippen LogP contribution in [0.1, 0.15) is 27.9 Å². The maximum Gasteiger partial charge on any atom is 0.346 e. The molecule has 0 N–H and O–H groups in total. The zero-order valence-corrected chi connectivity index (χ0v) is 11.9. The van der Waals surface area contributed by atoms with Crippen LogP contribution >= 0.6 is 0 Å². The van der Waals surface area contributed by atoms with Gasteiger partial charge in [-0.2, -0.15) is 5.26 Å². The normalized spacial score (nSPS) is 9.82. The molecule has 0 aliphatic rings. The van der Waals surface area contributed by atoms with E-state index in [2.05, 4.69) is 6.58 Å². The number of hydrogen-bond acceptors (Lipinski definition) is 3. The van der Waals surface area contributed by atoms with Gasteiger partial charge in [0.2, 0.25) is 0 Å². The fraction of sp³-hybridized carbons (Fsp3) is 0.111. The molecule has 22 heavy (non-hydrogen) atoms. The number of rotatable bonds is 5. The van der Waals surface area contributed by atoms with E-state index in [0.29, 0.717) is 12.0 Å². The first-order valence-electron chi connectivity index (χ1n) is 6.75. The van der Waals surface area contributed by atoms with Crippen LogP contribution in [0.4, 0.5) is 4.39 Å². The Morgan fingerprint density at radius 3 is 2.59 bits per heavy atom. The van der Waals surface area contributed by atoms with Crippen LogP contribution < -0.4 is 4.74 Å². The summed E-state index contributed by atoms with van der Waals surface area (Å²) in [5, 5.41) is 8.70. The zero-order valence-electron chi connectivity index (χ0n) is 11.9. The van der Waals surface area contributed by atoms with E-state index in [-0.39, 0.29) is 11.3 Å². The van der Waals surface area contributed by atoms with Crippen LogP contribution in [0.25, 0.3) is 0 Å². The topological polar surface area (TPSA) is 50.1 Å². The van der Waals surface area contributed by atoms with Crippen molar-refractivity contribution in [2.24, 2.45) is 0 Å². The Kier molecular flexibility index (Phi) is 5.05. The van der Waals surface area contributed by atoms with E-state index < -0.39 is 11.8 Å². The Bertz CT molecular complexity index is 730. The number of halogens is 1. The van der Waals surface area contributed by atoms with E-state index in [1.807, 2.05) is 6.07 Å². The Labute approximate surface area is 128 Å². The molecule has 2 aromatic rings. The number of nitrogens with zero attached hydrogens (tertiary/aromatic N) is 1. The van der Waals surface area contributed by atoms with Crippen molar-refractivity contribution in [3.63, 3.8) is 0 Å². The average molecular weight is 295 g/mol. The van der Waals surface area contributed by atoms with E-state index in [9.17, 15) is 9.18 Å². The molecule has 3 nitrogen and oxygen atoms in total. The van der Waals surface area contributed by atoms with Crippen LogP contribution in [0.3, 0.4) is 0 Å². The van der Waals surface area contributed by atoms with Crippen molar-refractivity contribution in [3.8, 4) is 11.8 Å². The van der Waals surface area contributed by atoms with Crippen LogP contribution in [0.2, 0.25) is 0 Å². The molecule has 0 aliphatic heterocycles. The Balaban J connectivity index is 2.11. The van der Waals surface area contributed by atoms with Gasteiger partial charge in [-0.1, -0.05) is 12.1 Å². The van der Waals surface area contributed by atoms with Crippen LogP contribution in [0.5, 0.6) is 5.75 Å². The highest BCUT2D eigenvalue weighted by Gasteiger charge is 2.14. The van der Waals surface area contributed by atoms with Crippen LogP contribution in [0.15, 0.2) is 55.1 Å². The monoisotopic (exact) mass is 295 g/mol. The minimum Gasteiger partial charge on any atom is -0.423 e. The number of esters is 1. The predicted octanol–water partition coefficient (Wildman–Crippen LogP) is 4.04. The molecule has 2 aromatic carbocycles. The second kappa shape index (κ2) is 7.19. The minimum atomic E-state index is -0.766. The first-order valence-corrected chi connectivity index (χ1v) is 6.75. The van der Waals surface area contributed by atoms with Gasteiger partial charge >= 0.3 is 5.97 Å². The largest absolute Gasteiger partial charge is 0.423 e. The lowest BCUT2D eigenvalue weighted by atomic mass is 10.1. The fourth-order valence-electron chi connectivity index (χ4n) is 1.91. The lowest BCUT2D eigenvalue weighted by Crippen LogP contribution is -2.11. The van der Waals surface area contributed by atoms with Gasteiger partial charge in [0.25, 0.3) is 0 Å². The summed E-state index contributed by atoms with van der Waals surface area (Å²) in [6.07, 6.45) is 3.17. The Morgan fingerprint density at radius 2 is 2.00 bits per heavy atom. The molecule has 0 saturated heterocycles. The summed E-state index contributed by atoms with van der Waals surface area (Å²) >= 11 is 0. The third-order valence-corrected chi connectivity index (χ3v) is 3.08. The van der Waals surface area contributed by atoms with Crippen LogP contribution in [0, 0.1) is 17.1 Å². The standard InChI is InChI=1S/C18H14FNO2/c1-2-3-4-13-7-10-16(17(19)11-13)18(21)22-15-8-5-14(12-20)6-9-15/h2,5-11H,1,3-4H2. The van der Waals surface area contributed by atoms with Crippen LogP contribution in [-0.2, 0) is 6.42 Å². The zero-order chi connectivity index (χ0) is 15.9. The number of hydrogen-bond donors (Lipinski definition) is 0. The lowest BCUT2D eigenvalue weighted by Gasteiger charge is -2.07. The number of carbonyl (C=O) groups excluding carboxylic acids is 1. The van der Waals surface area contributed by atoms with Gasteiger partial charge in [-0.3, -0.25) is 0 Å². The third-order valence-electron chi connectivity index (χ3n) is 3.08. The number of benzene rings is 2. The van der Waals surface area contributed by atoms with Crippen molar-refractivity contribution in [1.29, 1.82) is 5.26 Å². The molecule has 0 aliphatic carbocycles. The fourth-order valence-corrected chi connectivity index (χ4v) is 1.91. The summed E-state index contributed by atoms with van der Waals surface area (Å²) in [4.78, 5) is 12.0. The van der Waals surface area contributed by atoms with Gasteiger partial charge in [-0.15, -0.1) is 6.58 Å². The molecule has 2 rings (SSSR count). The molecular weight excluding hydrogens is 281 g/mol. The number of ether oxygens (including phenoxy) is 1. The molecule has 4 heteroatoms. The second-order valence-electron chi connectivity index (χ2n) is 4.67. The lowest BCUT2D eigenvalue weighted by molar-refractivity contribution is 0.0730. The molecule has 0 unspecified atom stereocenters. The molecule has 0 saturated carbocycles. The van der Waals surface area contributed by atoms with E-state index in [1.165, 1.54) is 36.4 Å². The Morgan fingerprint density at radius 1 is 1.27 bits per heavy atom. The maximum atomic E-state index is 14.0. The van der Waals surface area contributed by atoms with Gasteiger partial charge in [0, 0.05) is 0 Å². The van der Waals surface area contributed by atoms with Gasteiger partial charge in [0.15, 0.2) is 0 Å². The molecule has 0 fully saturated rings. The van der Waals surface area contributed by atoms with Crippen molar-refractivity contribution < 1.29 is 13.9 Å². The smallest absolute Gasteiger partial charge is 0.346 e. The number of aryl methyl sites for hydroxylation is 1. The molecule has 0 spiro atoms. The van der Waals surface area contributed by atoms with Gasteiger partial charge in [-0.25, -0.2) is 9.18 Å². The second-order valence-corrected chi connectivity index (χ2v) is 4.67. The number of allylic oxidation sites excluding steroid dienone is 1. The van der Waals surface area contributed by atoms with Crippen LogP contribution in [-0.4, -0.2) is 5.97 Å². The van der Waals surface area contributed by atoms with Gasteiger partial charge in [0.05, 0.1) is 17.2 Å². The van der Waals surface area contributed by atoms with Gasteiger partial charge < -0.3 is 4.74 Å². The summed E-state index contributed by atoms with van der Waals surface area (Å²) in [6, 6.07) is 12.4. The van der Waals surface area contributed by atoms with E-state index in [1.54, 1.807) is 12.1 Å². The Hall–Kier alpha value is -2.93. The number of carbonyl (C=O) groups is 1. The summed E-state index contributed by atoms with van der Waals surface area (Å²) in [6.45, 7) is 3.62. The highest BCUT2D eigenvalue weighted by Crippen LogP contribution is 2.17. The highest BCUT2D eigenvalue weighted by atomic mass is 19.1. The third kappa shape index (κ3) is 3.80. The summed E-state index contributed by atoms with van der Waals surface area (Å²) in [5.41, 5.74) is 1.14. The SMILES string of the molecule is C=CCCc1ccc(C(=O)Oc2ccc(C#N)cc2)c(F)c1. The molecular formula is C18H14FNO2. The summed E-state index contributed by atoms with van der Waals surface area (Å²) in [5.74, 6) is -1.11. The first-order chi connectivity index (χ1) is 10.6. The predicted molar refractivity (Wildman–Crippen MR) is 81.0 cm³/mol. The minimum absolute atomic E-state index is 0.119. The van der Waals surface area contributed by atoms with Gasteiger partial charge in [0.1, 0.15) is 11.6 Å². The number of nitriles is 1. The van der Waals surface area contributed by atoms with Gasteiger partial charge in [-0.05, 0) is 54.8 Å². The highest BCUT2D eigenvalue weighted by molar-refractivity contribution is 5.91. The van der Waals surface area contributed by atoms with Crippen molar-refractivity contribution in [2.75, 3.05) is 0 Å². The molecule has 0 heterocycles. The summed E-state index contributed by atoms with van der Waals surface area (Å²) in [7, 11) is 0. The van der Waals surface area contributed by atoms with E-state index in [4.69, 9.17) is 10.00 Å². The molecule has 0 atom stereocenters. The van der Waals surface area contributed by atoms with E-state index >= 15 is 0 Å². The molecule has 0 radical (unpaired) electrons. The molecule has 0 bridgehead atoms. The summed E-state index contributed by atoms with van der Waals surface area (Å²) < 4.78 is 19.1. The van der Waals surface area contributed by atoms with Crippen molar-refractivity contribution >= 4 is 5.97 Å². The van der Waals surface area contributed by atoms with Crippen molar-refractivity contribution in [2.45, 2.75) is 12.8 Å². The average Bonchev–Trinajstić information content (AvgIpc) is 2.53. The maximum absolute atomic E-state index is 14.0. The quantitative estimate of drug-likeness (QED) is 0.475. The molecule has 110 valence electrons. The van der Waals surface area contributed by atoms with Crippen molar-refractivity contribution in [1.82, 2.24) is 0 Å². The van der Waals surface area contributed by atoms with Crippen molar-refractivity contribution in [3.05, 3.63) is 77.6 Å². The first kappa shape index (κ1) is 15.5. The molecule has 0 aromatic heterocycles. The van der Waals surface area contributed by atoms with E-state index in [0.717, 1.165) is 12.0 Å².